The number of hydrogen-bond acceptors (Lipinski definition) is 8. The maximum absolute atomic E-state index is 14.2. The number of aromatic amines is 1. The summed E-state index contributed by atoms with van der Waals surface area (Å²) in [5, 5.41) is 11.2. The molecule has 2 aliphatic heterocycles. The number of nitrogens with one attached hydrogen (secondary N) is 2. The van der Waals surface area contributed by atoms with Crippen LogP contribution in [-0.4, -0.2) is 66.3 Å². The molecule has 4 aromatic heterocycles. The molecule has 11 nitrogen and oxygen atoms in total. The van der Waals surface area contributed by atoms with Gasteiger partial charge in [-0.3, -0.25) is 14.8 Å². The molecule has 0 unspecified atom stereocenters. The number of rotatable bonds is 10. The van der Waals surface area contributed by atoms with E-state index in [2.05, 4.69) is 36.0 Å². The van der Waals surface area contributed by atoms with Crippen molar-refractivity contribution in [1.29, 1.82) is 0 Å². The maximum Gasteiger partial charge on any atom is 0.257 e. The van der Waals surface area contributed by atoms with E-state index in [1.807, 2.05) is 37.3 Å². The molecule has 0 saturated carbocycles. The van der Waals surface area contributed by atoms with Crippen molar-refractivity contribution in [3.05, 3.63) is 112 Å². The molecular formula is C37H34ClFN8O3. The highest BCUT2D eigenvalue weighted by atomic mass is 35.5. The monoisotopic (exact) mass is 692 g/mol. The number of imidazole rings is 1. The zero-order valence-corrected chi connectivity index (χ0v) is 28.1. The van der Waals surface area contributed by atoms with Crippen molar-refractivity contribution in [3.8, 4) is 5.88 Å². The van der Waals surface area contributed by atoms with E-state index < -0.39 is 5.82 Å². The molecule has 2 aromatic carbocycles. The van der Waals surface area contributed by atoms with Gasteiger partial charge in [-0.1, -0.05) is 29.8 Å². The molecule has 0 spiro atoms. The first-order chi connectivity index (χ1) is 24.4. The molecule has 6 aromatic rings. The van der Waals surface area contributed by atoms with Crippen LogP contribution in [0.4, 0.5) is 10.1 Å². The van der Waals surface area contributed by atoms with E-state index in [1.165, 1.54) is 6.07 Å². The smallest absolute Gasteiger partial charge is 0.257 e. The van der Waals surface area contributed by atoms with Crippen LogP contribution < -0.4 is 10.1 Å². The number of benzene rings is 2. The summed E-state index contributed by atoms with van der Waals surface area (Å²) >= 11 is 5.87. The van der Waals surface area contributed by atoms with Crippen molar-refractivity contribution in [2.75, 3.05) is 25.0 Å². The third-order valence-corrected chi connectivity index (χ3v) is 9.47. The number of halogens is 2. The van der Waals surface area contributed by atoms with Gasteiger partial charge in [-0.05, 0) is 67.8 Å². The van der Waals surface area contributed by atoms with Crippen molar-refractivity contribution in [3.63, 3.8) is 0 Å². The fourth-order valence-corrected chi connectivity index (χ4v) is 6.48. The Balaban J connectivity index is 0.962. The van der Waals surface area contributed by atoms with Crippen LogP contribution in [0.15, 0.2) is 72.9 Å². The van der Waals surface area contributed by atoms with Gasteiger partial charge >= 0.3 is 0 Å². The number of nitrogens with zero attached hydrogens (tertiary/aromatic N) is 6. The van der Waals surface area contributed by atoms with E-state index in [9.17, 15) is 9.18 Å². The highest BCUT2D eigenvalue weighted by Gasteiger charge is 2.24. The van der Waals surface area contributed by atoms with E-state index in [1.54, 1.807) is 30.5 Å². The summed E-state index contributed by atoms with van der Waals surface area (Å²) in [4.78, 5) is 29.6. The Labute approximate surface area is 292 Å². The lowest BCUT2D eigenvalue weighted by Crippen LogP contribution is -2.33. The van der Waals surface area contributed by atoms with Crippen LogP contribution in [0.5, 0.6) is 5.88 Å². The molecular weight excluding hydrogens is 659 g/mol. The maximum atomic E-state index is 14.2. The predicted molar refractivity (Wildman–Crippen MR) is 189 cm³/mol. The highest BCUT2D eigenvalue weighted by Crippen LogP contribution is 2.28. The summed E-state index contributed by atoms with van der Waals surface area (Å²) in [5.41, 5.74) is 6.76. The van der Waals surface area contributed by atoms with Crippen molar-refractivity contribution < 1.29 is 18.7 Å². The molecule has 2 N–H and O–H groups in total. The van der Waals surface area contributed by atoms with E-state index in [0.717, 1.165) is 78.3 Å². The second-order valence-corrected chi connectivity index (χ2v) is 13.0. The standard InChI is InChI=1S/C37H34ClFN8O3/c1-22-29-15-25(18-40-36(29)45-44-22)37(48)41-27-7-8-33-32(17-27)42-34(47(33)19-28-11-14-49-28)20-46-12-9-23(10-13-46)31-3-2-4-35(43-31)50-21-24-5-6-26(38)16-30(24)39/h2-9,15-18,28H,10-14,19-21H2,1H3,(H,41,48)(H,40,44,45)/t28-/m0/s1. The first kappa shape index (κ1) is 32.1. The van der Waals surface area contributed by atoms with Crippen LogP contribution in [0.1, 0.15) is 46.0 Å². The number of aryl methyl sites for hydroxylation is 1. The molecule has 1 amide bonds. The Bertz CT molecular complexity index is 2260. The van der Waals surface area contributed by atoms with Crippen LogP contribution in [0, 0.1) is 12.7 Å². The molecule has 6 heterocycles. The number of amides is 1. The van der Waals surface area contributed by atoms with Crippen molar-refractivity contribution in [2.24, 2.45) is 0 Å². The summed E-state index contributed by atoms with van der Waals surface area (Å²) in [6.07, 6.45) is 5.72. The Hall–Kier alpha value is -5.17. The van der Waals surface area contributed by atoms with E-state index >= 15 is 0 Å². The van der Waals surface area contributed by atoms with E-state index in [0.29, 0.717) is 39.9 Å². The van der Waals surface area contributed by atoms with Crippen molar-refractivity contribution >= 4 is 50.8 Å². The summed E-state index contributed by atoms with van der Waals surface area (Å²) < 4.78 is 28.1. The van der Waals surface area contributed by atoms with Crippen molar-refractivity contribution in [1.82, 2.24) is 34.6 Å². The second kappa shape index (κ2) is 13.6. The summed E-state index contributed by atoms with van der Waals surface area (Å²) in [6.45, 7) is 5.65. The normalized spacial score (nSPS) is 16.4. The molecule has 50 heavy (non-hydrogen) atoms. The third-order valence-electron chi connectivity index (χ3n) is 9.24. The predicted octanol–water partition coefficient (Wildman–Crippen LogP) is 6.71. The number of ether oxygens (including phenoxy) is 2. The molecule has 2 aliphatic rings. The SMILES string of the molecule is Cc1n[nH]c2ncc(C(=O)Nc3ccc4c(c3)nc(CN3CC=C(c5cccc(OCc6ccc(Cl)cc6F)n5)CC3)n4C[C@@H]3CCO3)cc12. The molecule has 8 rings (SSSR count). The number of hydrogen-bond donors (Lipinski definition) is 2. The minimum absolute atomic E-state index is 0.0620. The van der Waals surface area contributed by atoms with Crippen LogP contribution in [0.3, 0.4) is 0 Å². The Morgan fingerprint density at radius 3 is 2.86 bits per heavy atom. The van der Waals surface area contributed by atoms with E-state index in [4.69, 9.17) is 31.0 Å². The molecule has 0 radical (unpaired) electrons. The molecule has 1 saturated heterocycles. The molecule has 0 bridgehead atoms. The first-order valence-electron chi connectivity index (χ1n) is 16.5. The zero-order chi connectivity index (χ0) is 34.2. The van der Waals surface area contributed by atoms with Crippen LogP contribution in [-0.2, 0) is 24.4 Å². The summed E-state index contributed by atoms with van der Waals surface area (Å²) in [7, 11) is 0. The number of carbonyl (C=O) groups is 1. The minimum Gasteiger partial charge on any atom is -0.473 e. The van der Waals surface area contributed by atoms with Gasteiger partial charge in [0.05, 0.1) is 47.2 Å². The molecule has 0 aliphatic carbocycles. The number of anilines is 1. The summed E-state index contributed by atoms with van der Waals surface area (Å²) in [6, 6.07) is 17.8. The van der Waals surface area contributed by atoms with Gasteiger partial charge in [0.15, 0.2) is 5.65 Å². The minimum atomic E-state index is -0.405. The number of pyridine rings is 2. The summed E-state index contributed by atoms with van der Waals surface area (Å²) in [5.74, 6) is 0.731. The van der Waals surface area contributed by atoms with Gasteiger partial charge < -0.3 is 19.4 Å². The van der Waals surface area contributed by atoms with Gasteiger partial charge in [-0.15, -0.1) is 0 Å². The van der Waals surface area contributed by atoms with Gasteiger partial charge in [0.2, 0.25) is 5.88 Å². The number of fused-ring (bicyclic) bond motifs is 2. The zero-order valence-electron chi connectivity index (χ0n) is 27.3. The molecule has 1 fully saturated rings. The fourth-order valence-electron chi connectivity index (χ4n) is 6.32. The Morgan fingerprint density at radius 1 is 1.16 bits per heavy atom. The van der Waals surface area contributed by atoms with Gasteiger partial charge in [0.1, 0.15) is 18.2 Å². The number of H-pyrrole nitrogens is 1. The molecule has 254 valence electrons. The van der Waals surface area contributed by atoms with Crippen molar-refractivity contribution in [2.45, 2.75) is 45.6 Å². The largest absolute Gasteiger partial charge is 0.473 e. The lowest BCUT2D eigenvalue weighted by molar-refractivity contribution is -0.0591. The van der Waals surface area contributed by atoms with Gasteiger partial charge in [0.25, 0.3) is 5.91 Å². The van der Waals surface area contributed by atoms with Gasteiger partial charge in [0, 0.05) is 53.6 Å². The molecule has 1 atom stereocenters. The second-order valence-electron chi connectivity index (χ2n) is 12.6. The first-order valence-corrected chi connectivity index (χ1v) is 16.9. The quantitative estimate of drug-likeness (QED) is 0.162. The fraction of sp³-hybridized carbons (Fsp3) is 0.270. The van der Waals surface area contributed by atoms with Gasteiger partial charge in [-0.25, -0.2) is 19.3 Å². The van der Waals surface area contributed by atoms with E-state index in [-0.39, 0.29) is 18.6 Å². The van der Waals surface area contributed by atoms with Crippen LogP contribution >= 0.6 is 11.6 Å². The molecule has 13 heteroatoms. The lowest BCUT2D eigenvalue weighted by atomic mass is 10.0. The topological polar surface area (TPSA) is 123 Å². The Morgan fingerprint density at radius 2 is 2.06 bits per heavy atom. The Kier molecular flexibility index (Phi) is 8.73. The average Bonchev–Trinajstić information content (AvgIpc) is 3.64. The highest BCUT2D eigenvalue weighted by molar-refractivity contribution is 6.30. The van der Waals surface area contributed by atoms with Crippen LogP contribution in [0.2, 0.25) is 5.02 Å². The lowest BCUT2D eigenvalue weighted by Gasteiger charge is -2.29. The number of carbonyl (C=O) groups excluding carboxylic acids is 1. The van der Waals surface area contributed by atoms with Gasteiger partial charge in [-0.2, -0.15) is 5.10 Å². The van der Waals surface area contributed by atoms with Crippen LogP contribution in [0.25, 0.3) is 27.6 Å². The number of aromatic nitrogens is 6. The average molecular weight is 693 g/mol. The third kappa shape index (κ3) is 6.69.